The van der Waals surface area contributed by atoms with Crippen molar-refractivity contribution < 1.29 is 4.79 Å². The molecule has 0 spiro atoms. The quantitative estimate of drug-likeness (QED) is 0.757. The molecule has 0 bridgehead atoms. The van der Waals surface area contributed by atoms with Crippen molar-refractivity contribution >= 4 is 23.1 Å². The van der Waals surface area contributed by atoms with Crippen LogP contribution in [0.2, 0.25) is 0 Å². The monoisotopic (exact) mass is 334 g/mol. The topological polar surface area (TPSA) is 77.8 Å². The molecule has 0 saturated carbocycles. The molecule has 0 unspecified atom stereocenters. The van der Waals surface area contributed by atoms with Crippen LogP contribution < -0.4 is 10.6 Å². The first-order valence-corrected chi connectivity index (χ1v) is 8.16. The number of pyridine rings is 1. The van der Waals surface area contributed by atoms with Crippen molar-refractivity contribution in [3.05, 3.63) is 71.4 Å². The summed E-state index contributed by atoms with van der Waals surface area (Å²) in [5.41, 5.74) is 3.21. The zero-order chi connectivity index (χ0) is 16.8. The van der Waals surface area contributed by atoms with E-state index in [0.29, 0.717) is 17.8 Å². The number of aromatic nitrogens is 1. The molecule has 0 fully saturated rings. The Hall–Kier alpha value is -3.17. The number of carbonyl (C=O) groups excluding carboxylic acids is 1. The minimum Gasteiger partial charge on any atom is -0.334 e. The van der Waals surface area contributed by atoms with Crippen LogP contribution in [-0.4, -0.2) is 11.0 Å². The lowest BCUT2D eigenvalue weighted by Gasteiger charge is -2.10. The lowest BCUT2D eigenvalue weighted by Crippen LogP contribution is -2.28. The van der Waals surface area contributed by atoms with Gasteiger partial charge in [-0.3, -0.25) is 4.98 Å². The first-order chi connectivity index (χ1) is 11.8. The molecule has 0 atom stereocenters. The van der Waals surface area contributed by atoms with E-state index in [4.69, 9.17) is 5.26 Å². The predicted octanol–water partition coefficient (Wildman–Crippen LogP) is 4.00. The van der Waals surface area contributed by atoms with Crippen molar-refractivity contribution in [3.8, 4) is 16.5 Å². The molecule has 0 aliphatic heterocycles. The summed E-state index contributed by atoms with van der Waals surface area (Å²) < 4.78 is 0. The van der Waals surface area contributed by atoms with E-state index in [1.165, 1.54) is 0 Å². The van der Waals surface area contributed by atoms with E-state index in [1.807, 2.05) is 29.6 Å². The van der Waals surface area contributed by atoms with E-state index in [1.54, 1.807) is 48.0 Å². The molecule has 1 aromatic carbocycles. The highest BCUT2D eigenvalue weighted by Gasteiger charge is 2.08. The van der Waals surface area contributed by atoms with Crippen molar-refractivity contribution in [2.75, 3.05) is 5.32 Å². The summed E-state index contributed by atoms with van der Waals surface area (Å²) in [6.07, 6.45) is 3.51. The summed E-state index contributed by atoms with van der Waals surface area (Å²) in [6.45, 7) is 0.378. The summed E-state index contributed by atoms with van der Waals surface area (Å²) in [6, 6.07) is 14.4. The number of hydrogen-bond donors (Lipinski definition) is 2. The molecule has 5 nitrogen and oxygen atoms in total. The summed E-state index contributed by atoms with van der Waals surface area (Å²) in [5, 5.41) is 16.4. The normalized spacial score (nSPS) is 9.96. The Morgan fingerprint density at radius 1 is 1.21 bits per heavy atom. The lowest BCUT2D eigenvalue weighted by atomic mass is 10.1. The third kappa shape index (κ3) is 3.77. The number of hydrogen-bond acceptors (Lipinski definition) is 4. The Morgan fingerprint density at radius 2 is 2.04 bits per heavy atom. The van der Waals surface area contributed by atoms with Crippen LogP contribution in [0.3, 0.4) is 0 Å². The highest BCUT2D eigenvalue weighted by molar-refractivity contribution is 7.13. The molecule has 118 valence electrons. The van der Waals surface area contributed by atoms with Crippen molar-refractivity contribution in [1.82, 2.24) is 10.3 Å². The second kappa shape index (κ2) is 7.40. The van der Waals surface area contributed by atoms with Crippen LogP contribution in [0.25, 0.3) is 10.4 Å². The molecule has 0 aliphatic rings. The second-order valence-electron chi connectivity index (χ2n) is 5.01. The molecule has 2 N–H and O–H groups in total. The third-order valence-electron chi connectivity index (χ3n) is 3.40. The van der Waals surface area contributed by atoms with E-state index in [2.05, 4.69) is 15.6 Å². The molecular weight excluding hydrogens is 320 g/mol. The summed E-state index contributed by atoms with van der Waals surface area (Å²) in [5.74, 6) is 0. The number of thiophene rings is 1. The fourth-order valence-corrected chi connectivity index (χ4v) is 3.01. The highest BCUT2D eigenvalue weighted by Crippen LogP contribution is 2.27. The fraction of sp³-hybridized carbons (Fsp3) is 0.0556. The van der Waals surface area contributed by atoms with Crippen LogP contribution in [0.5, 0.6) is 0 Å². The number of carbonyl (C=O) groups is 1. The first kappa shape index (κ1) is 15.7. The van der Waals surface area contributed by atoms with Crippen molar-refractivity contribution in [2.45, 2.75) is 6.54 Å². The largest absolute Gasteiger partial charge is 0.334 e. The molecule has 0 saturated heterocycles. The minimum absolute atomic E-state index is 0.305. The van der Waals surface area contributed by atoms with Gasteiger partial charge in [-0.2, -0.15) is 5.26 Å². The number of nitrogens with one attached hydrogen (secondary N) is 2. The SMILES string of the molecule is N#Cc1ccc(NC(=O)NCc2cnccc2-c2cccs2)cc1. The van der Waals surface area contributed by atoms with Gasteiger partial charge in [0.05, 0.1) is 11.6 Å². The smallest absolute Gasteiger partial charge is 0.319 e. The zero-order valence-electron chi connectivity index (χ0n) is 12.7. The molecule has 0 aliphatic carbocycles. The summed E-state index contributed by atoms with van der Waals surface area (Å²) in [7, 11) is 0. The summed E-state index contributed by atoms with van der Waals surface area (Å²) in [4.78, 5) is 17.3. The molecule has 3 aromatic rings. The molecular formula is C18H14N4OS. The van der Waals surface area contributed by atoms with Crippen LogP contribution in [0.1, 0.15) is 11.1 Å². The van der Waals surface area contributed by atoms with Gasteiger partial charge in [-0.05, 0) is 52.9 Å². The van der Waals surface area contributed by atoms with E-state index in [0.717, 1.165) is 16.0 Å². The molecule has 2 amide bonds. The fourth-order valence-electron chi connectivity index (χ4n) is 2.22. The highest BCUT2D eigenvalue weighted by atomic mass is 32.1. The van der Waals surface area contributed by atoms with E-state index in [9.17, 15) is 4.79 Å². The van der Waals surface area contributed by atoms with Gasteiger partial charge in [0, 0.05) is 29.5 Å². The lowest BCUT2D eigenvalue weighted by molar-refractivity contribution is 0.252. The minimum atomic E-state index is -0.305. The maximum absolute atomic E-state index is 12.0. The van der Waals surface area contributed by atoms with Gasteiger partial charge in [0.25, 0.3) is 0 Å². The molecule has 2 heterocycles. The molecule has 0 radical (unpaired) electrons. The van der Waals surface area contributed by atoms with Crippen molar-refractivity contribution in [1.29, 1.82) is 5.26 Å². The van der Waals surface area contributed by atoms with Gasteiger partial charge in [0.2, 0.25) is 0 Å². The van der Waals surface area contributed by atoms with Crippen LogP contribution in [0.15, 0.2) is 60.2 Å². The van der Waals surface area contributed by atoms with Gasteiger partial charge >= 0.3 is 6.03 Å². The van der Waals surface area contributed by atoms with Crippen molar-refractivity contribution in [3.63, 3.8) is 0 Å². The maximum Gasteiger partial charge on any atom is 0.319 e. The molecule has 24 heavy (non-hydrogen) atoms. The van der Waals surface area contributed by atoms with Crippen LogP contribution in [0.4, 0.5) is 10.5 Å². The predicted molar refractivity (Wildman–Crippen MR) is 94.6 cm³/mol. The Kier molecular flexibility index (Phi) is 4.84. The number of benzene rings is 1. The Balaban J connectivity index is 1.63. The van der Waals surface area contributed by atoms with Crippen molar-refractivity contribution in [2.24, 2.45) is 0 Å². The van der Waals surface area contributed by atoms with Crippen LogP contribution in [-0.2, 0) is 6.54 Å². The van der Waals surface area contributed by atoms with Gasteiger partial charge in [-0.1, -0.05) is 6.07 Å². The van der Waals surface area contributed by atoms with Gasteiger partial charge < -0.3 is 10.6 Å². The standard InChI is InChI=1S/C18H14N4OS/c19-10-13-3-5-15(6-4-13)22-18(23)21-12-14-11-20-8-7-16(14)17-2-1-9-24-17/h1-9,11H,12H2,(H2,21,22,23). The van der Waals surface area contributed by atoms with E-state index in [-0.39, 0.29) is 6.03 Å². The van der Waals surface area contributed by atoms with Gasteiger partial charge in [-0.25, -0.2) is 4.79 Å². The number of rotatable bonds is 4. The maximum atomic E-state index is 12.0. The molecule has 2 aromatic heterocycles. The van der Waals surface area contributed by atoms with Gasteiger partial charge in [-0.15, -0.1) is 11.3 Å². The van der Waals surface area contributed by atoms with E-state index < -0.39 is 0 Å². The van der Waals surface area contributed by atoms with E-state index >= 15 is 0 Å². The average Bonchev–Trinajstić information content (AvgIpc) is 3.15. The van der Waals surface area contributed by atoms with Crippen LogP contribution in [0, 0.1) is 11.3 Å². The number of anilines is 1. The molecule has 3 rings (SSSR count). The average molecular weight is 334 g/mol. The van der Waals surface area contributed by atoms with Gasteiger partial charge in [0.1, 0.15) is 0 Å². The number of nitrogens with zero attached hydrogens (tertiary/aromatic N) is 2. The number of amides is 2. The first-order valence-electron chi connectivity index (χ1n) is 7.28. The third-order valence-corrected chi connectivity index (χ3v) is 4.30. The van der Waals surface area contributed by atoms with Crippen LogP contribution >= 0.6 is 11.3 Å². The van der Waals surface area contributed by atoms with Gasteiger partial charge in [0.15, 0.2) is 0 Å². The summed E-state index contributed by atoms with van der Waals surface area (Å²) >= 11 is 1.65. The number of nitriles is 1. The Morgan fingerprint density at radius 3 is 2.75 bits per heavy atom. The zero-order valence-corrected chi connectivity index (χ0v) is 13.5. The number of urea groups is 1. The second-order valence-corrected chi connectivity index (χ2v) is 5.95. The molecule has 6 heteroatoms. The Bertz CT molecular complexity index is 867. The Labute approximate surface area is 143 Å².